The summed E-state index contributed by atoms with van der Waals surface area (Å²) in [7, 11) is 0. The van der Waals surface area contributed by atoms with Crippen LogP contribution in [0.5, 0.6) is 0 Å². The molecule has 17 heavy (non-hydrogen) atoms. The molecule has 1 aliphatic rings. The number of benzene rings is 1. The minimum atomic E-state index is -0.262. The van der Waals surface area contributed by atoms with Crippen molar-refractivity contribution in [3.05, 3.63) is 28.6 Å². The largest absolute Gasteiger partial charge is 0.356 e. The van der Waals surface area contributed by atoms with Gasteiger partial charge in [0.1, 0.15) is 5.82 Å². The van der Waals surface area contributed by atoms with Crippen molar-refractivity contribution in [1.29, 1.82) is 0 Å². The van der Waals surface area contributed by atoms with Gasteiger partial charge in [-0.3, -0.25) is 0 Å². The van der Waals surface area contributed by atoms with E-state index in [4.69, 9.17) is 4.74 Å². The Morgan fingerprint density at radius 3 is 3.06 bits per heavy atom. The van der Waals surface area contributed by atoms with Gasteiger partial charge in [-0.15, -0.1) is 0 Å². The van der Waals surface area contributed by atoms with Gasteiger partial charge in [0.05, 0.1) is 16.2 Å². The second kappa shape index (κ2) is 4.38. The fraction of sp³-hybridized carbons (Fsp3) is 0.417. The smallest absolute Gasteiger partial charge is 0.150 e. The number of ether oxygens (including phenoxy) is 1. The molecule has 0 unspecified atom stereocenters. The zero-order valence-corrected chi connectivity index (χ0v) is 10.8. The highest BCUT2D eigenvalue weighted by atomic mass is 79.9. The van der Waals surface area contributed by atoms with E-state index in [1.165, 1.54) is 6.07 Å². The first-order chi connectivity index (χ1) is 8.25. The summed E-state index contributed by atoms with van der Waals surface area (Å²) in [5.74, 6) is -0.262. The van der Waals surface area contributed by atoms with E-state index in [1.54, 1.807) is 12.3 Å². The Morgan fingerprint density at radius 2 is 2.29 bits per heavy atom. The molecule has 1 aromatic carbocycles. The van der Waals surface area contributed by atoms with Crippen LogP contribution in [0.1, 0.15) is 25.5 Å². The zero-order chi connectivity index (χ0) is 11.8. The van der Waals surface area contributed by atoms with E-state index < -0.39 is 0 Å². The summed E-state index contributed by atoms with van der Waals surface area (Å²) in [5, 5.41) is 5.11. The number of rotatable bonds is 1. The molecular formula is C12H12BrFN2O. The Hall–Kier alpha value is -0.940. The second-order valence-corrected chi connectivity index (χ2v) is 5.09. The maximum atomic E-state index is 13.4. The molecule has 0 saturated carbocycles. The van der Waals surface area contributed by atoms with E-state index in [9.17, 15) is 4.39 Å². The Bertz CT molecular complexity index is 549. The van der Waals surface area contributed by atoms with Crippen LogP contribution in [0.2, 0.25) is 0 Å². The van der Waals surface area contributed by atoms with E-state index in [0.29, 0.717) is 4.47 Å². The third-order valence-corrected chi connectivity index (χ3v) is 3.67. The number of halogens is 2. The van der Waals surface area contributed by atoms with Gasteiger partial charge in [0.2, 0.25) is 0 Å². The lowest BCUT2D eigenvalue weighted by atomic mass is 10.2. The topological polar surface area (TPSA) is 27.1 Å². The quantitative estimate of drug-likeness (QED) is 0.804. The Morgan fingerprint density at radius 1 is 1.41 bits per heavy atom. The van der Waals surface area contributed by atoms with Crippen molar-refractivity contribution >= 4 is 26.8 Å². The lowest BCUT2D eigenvalue weighted by molar-refractivity contribution is -0.0366. The average Bonchev–Trinajstić information content (AvgIpc) is 2.74. The monoisotopic (exact) mass is 298 g/mol. The predicted molar refractivity (Wildman–Crippen MR) is 66.2 cm³/mol. The van der Waals surface area contributed by atoms with Crippen molar-refractivity contribution in [3.8, 4) is 0 Å². The van der Waals surface area contributed by atoms with Gasteiger partial charge < -0.3 is 4.74 Å². The van der Waals surface area contributed by atoms with Gasteiger partial charge in [-0.05, 0) is 47.3 Å². The Labute approximate surface area is 107 Å². The molecule has 1 saturated heterocycles. The zero-order valence-electron chi connectivity index (χ0n) is 9.20. The molecule has 1 aliphatic heterocycles. The highest BCUT2D eigenvalue weighted by molar-refractivity contribution is 9.10. The number of hydrogen-bond donors (Lipinski definition) is 0. The maximum absolute atomic E-state index is 13.4. The molecule has 3 nitrogen and oxygen atoms in total. The van der Waals surface area contributed by atoms with Crippen LogP contribution in [-0.4, -0.2) is 16.4 Å². The number of fused-ring (bicyclic) bond motifs is 1. The van der Waals surface area contributed by atoms with Crippen LogP contribution in [0.15, 0.2) is 22.8 Å². The molecule has 0 spiro atoms. The minimum Gasteiger partial charge on any atom is -0.356 e. The van der Waals surface area contributed by atoms with Gasteiger partial charge >= 0.3 is 0 Å². The molecule has 5 heteroatoms. The predicted octanol–water partition coefficient (Wildman–Crippen LogP) is 3.64. The van der Waals surface area contributed by atoms with Crippen molar-refractivity contribution in [2.45, 2.75) is 25.5 Å². The summed E-state index contributed by atoms with van der Waals surface area (Å²) in [6, 6.07) is 3.25. The van der Waals surface area contributed by atoms with Gasteiger partial charge in [-0.2, -0.15) is 5.10 Å². The molecule has 0 aliphatic carbocycles. The fourth-order valence-electron chi connectivity index (χ4n) is 2.19. The minimum absolute atomic E-state index is 0.0152. The molecule has 2 aromatic rings. The summed E-state index contributed by atoms with van der Waals surface area (Å²) >= 11 is 3.20. The third kappa shape index (κ3) is 1.98. The SMILES string of the molecule is Fc1cc2cnn([C@H]3CCCCO3)c2cc1Br. The van der Waals surface area contributed by atoms with Gasteiger partial charge in [-0.1, -0.05) is 0 Å². The van der Waals surface area contributed by atoms with Crippen molar-refractivity contribution in [2.75, 3.05) is 6.61 Å². The molecule has 1 atom stereocenters. The average molecular weight is 299 g/mol. The van der Waals surface area contributed by atoms with Gasteiger partial charge in [0.25, 0.3) is 0 Å². The Balaban J connectivity index is 2.07. The molecule has 0 N–H and O–H groups in total. The van der Waals surface area contributed by atoms with Crippen molar-refractivity contribution < 1.29 is 9.13 Å². The summed E-state index contributed by atoms with van der Waals surface area (Å²) in [5.41, 5.74) is 0.908. The van der Waals surface area contributed by atoms with Gasteiger partial charge in [0.15, 0.2) is 6.23 Å². The van der Waals surface area contributed by atoms with Gasteiger partial charge in [-0.25, -0.2) is 9.07 Å². The molecule has 1 aromatic heterocycles. The standard InChI is InChI=1S/C12H12BrFN2O/c13-9-6-11-8(5-10(9)14)7-15-16(11)12-3-1-2-4-17-12/h5-7,12H,1-4H2/t12-/m1/s1. The van der Waals surface area contributed by atoms with Crippen molar-refractivity contribution in [2.24, 2.45) is 0 Å². The van der Waals surface area contributed by atoms with Crippen LogP contribution >= 0.6 is 15.9 Å². The van der Waals surface area contributed by atoms with Crippen LogP contribution in [0, 0.1) is 5.82 Å². The second-order valence-electron chi connectivity index (χ2n) is 4.24. The van der Waals surface area contributed by atoms with E-state index >= 15 is 0 Å². The van der Waals surface area contributed by atoms with Gasteiger partial charge in [0, 0.05) is 12.0 Å². The molecule has 0 amide bonds. The highest BCUT2D eigenvalue weighted by Crippen LogP contribution is 2.28. The molecular weight excluding hydrogens is 287 g/mol. The van der Waals surface area contributed by atoms with Crippen molar-refractivity contribution in [3.63, 3.8) is 0 Å². The molecule has 0 bridgehead atoms. The van der Waals surface area contributed by atoms with E-state index in [0.717, 1.165) is 36.8 Å². The summed E-state index contributed by atoms with van der Waals surface area (Å²) in [4.78, 5) is 0. The van der Waals surface area contributed by atoms with E-state index in [2.05, 4.69) is 21.0 Å². The van der Waals surface area contributed by atoms with Crippen LogP contribution < -0.4 is 0 Å². The fourth-order valence-corrected chi connectivity index (χ4v) is 2.52. The summed E-state index contributed by atoms with van der Waals surface area (Å²) in [6.07, 6.45) is 4.88. The maximum Gasteiger partial charge on any atom is 0.150 e. The number of aromatic nitrogens is 2. The van der Waals surface area contributed by atoms with Crippen LogP contribution in [-0.2, 0) is 4.74 Å². The van der Waals surface area contributed by atoms with Crippen molar-refractivity contribution in [1.82, 2.24) is 9.78 Å². The lowest BCUT2D eigenvalue weighted by Crippen LogP contribution is -2.18. The number of hydrogen-bond acceptors (Lipinski definition) is 2. The first kappa shape index (κ1) is 11.2. The summed E-state index contributed by atoms with van der Waals surface area (Å²) in [6.45, 7) is 0.772. The highest BCUT2D eigenvalue weighted by Gasteiger charge is 2.19. The molecule has 2 heterocycles. The third-order valence-electron chi connectivity index (χ3n) is 3.07. The molecule has 3 rings (SSSR count). The van der Waals surface area contributed by atoms with Crippen LogP contribution in [0.25, 0.3) is 10.9 Å². The van der Waals surface area contributed by atoms with E-state index in [1.807, 2.05) is 4.68 Å². The normalized spacial score (nSPS) is 20.9. The first-order valence-corrected chi connectivity index (χ1v) is 6.49. The lowest BCUT2D eigenvalue weighted by Gasteiger charge is -2.23. The molecule has 90 valence electrons. The Kier molecular flexibility index (Phi) is 2.88. The van der Waals surface area contributed by atoms with Crippen LogP contribution in [0.4, 0.5) is 4.39 Å². The first-order valence-electron chi connectivity index (χ1n) is 5.69. The van der Waals surface area contributed by atoms with Crippen LogP contribution in [0.3, 0.4) is 0 Å². The summed E-state index contributed by atoms with van der Waals surface area (Å²) < 4.78 is 21.4. The number of nitrogens with zero attached hydrogens (tertiary/aromatic N) is 2. The van der Waals surface area contributed by atoms with E-state index in [-0.39, 0.29) is 12.0 Å². The molecule has 1 fully saturated rings. The molecule has 0 radical (unpaired) electrons.